The Morgan fingerprint density at radius 2 is 1.80 bits per heavy atom. The summed E-state index contributed by atoms with van der Waals surface area (Å²) in [5.41, 5.74) is 8.24. The summed E-state index contributed by atoms with van der Waals surface area (Å²) in [4.78, 5) is 4.47. The number of imidazole rings is 1. The molecule has 0 aliphatic heterocycles. The van der Waals surface area contributed by atoms with E-state index in [-0.39, 0.29) is 0 Å². The molecule has 3 aromatic rings. The fourth-order valence-corrected chi connectivity index (χ4v) is 2.27. The molecule has 0 radical (unpaired) electrons. The fraction of sp³-hybridized carbons (Fsp3) is 0.133. The number of ether oxygens (including phenoxy) is 2. The van der Waals surface area contributed by atoms with Gasteiger partial charge in [-0.25, -0.2) is 4.98 Å². The number of nitrogens with zero attached hydrogens (tertiary/aromatic N) is 2. The lowest BCUT2D eigenvalue weighted by Crippen LogP contribution is -1.97. The van der Waals surface area contributed by atoms with Gasteiger partial charge in [-0.1, -0.05) is 6.07 Å². The second kappa shape index (κ2) is 4.77. The van der Waals surface area contributed by atoms with Crippen LogP contribution >= 0.6 is 0 Å². The molecule has 0 aliphatic rings. The number of benzene rings is 1. The number of methoxy groups -OCH3 is 2. The van der Waals surface area contributed by atoms with Crippen LogP contribution in [0.25, 0.3) is 16.9 Å². The van der Waals surface area contributed by atoms with Crippen LogP contribution in [0.4, 0.5) is 5.69 Å². The van der Waals surface area contributed by atoms with E-state index < -0.39 is 0 Å². The molecule has 0 saturated heterocycles. The average molecular weight is 269 g/mol. The molecule has 0 spiro atoms. The van der Waals surface area contributed by atoms with Crippen LogP contribution in [0, 0.1) is 0 Å². The van der Waals surface area contributed by atoms with Crippen molar-refractivity contribution in [2.24, 2.45) is 0 Å². The molecule has 2 N–H and O–H groups in total. The van der Waals surface area contributed by atoms with E-state index in [0.29, 0.717) is 17.2 Å². The molecule has 0 fully saturated rings. The lowest BCUT2D eigenvalue weighted by atomic mass is 10.1. The van der Waals surface area contributed by atoms with Crippen molar-refractivity contribution in [3.8, 4) is 22.9 Å². The predicted octanol–water partition coefficient (Wildman–Crippen LogP) is 2.60. The van der Waals surface area contributed by atoms with Gasteiger partial charge in [0.15, 0.2) is 5.82 Å². The molecular formula is C15H15N3O2. The molecule has 0 saturated carbocycles. The topological polar surface area (TPSA) is 61.8 Å². The number of fused-ring (bicyclic) bond motifs is 1. The van der Waals surface area contributed by atoms with Crippen LogP contribution in [-0.2, 0) is 0 Å². The molecule has 3 rings (SSSR count). The van der Waals surface area contributed by atoms with Gasteiger partial charge in [0.25, 0.3) is 0 Å². The molecule has 2 aromatic heterocycles. The van der Waals surface area contributed by atoms with Gasteiger partial charge in [0.1, 0.15) is 17.1 Å². The van der Waals surface area contributed by atoms with Crippen LogP contribution < -0.4 is 15.2 Å². The maximum Gasteiger partial charge on any atom is 0.152 e. The van der Waals surface area contributed by atoms with Crippen molar-refractivity contribution >= 4 is 11.2 Å². The highest BCUT2D eigenvalue weighted by Gasteiger charge is 2.17. The molecule has 102 valence electrons. The summed E-state index contributed by atoms with van der Waals surface area (Å²) in [7, 11) is 3.26. The summed E-state index contributed by atoms with van der Waals surface area (Å²) in [6.45, 7) is 0. The molecule has 2 heterocycles. The van der Waals surface area contributed by atoms with Crippen LogP contribution in [0.15, 0.2) is 42.7 Å². The maximum atomic E-state index is 5.79. The number of hydrogen-bond acceptors (Lipinski definition) is 4. The minimum atomic E-state index is 0.705. The summed E-state index contributed by atoms with van der Waals surface area (Å²) < 4.78 is 12.8. The van der Waals surface area contributed by atoms with Gasteiger partial charge in [-0.2, -0.15) is 0 Å². The number of hydrogen-bond donors (Lipinski definition) is 1. The normalized spacial score (nSPS) is 10.7. The molecule has 0 amide bonds. The predicted molar refractivity (Wildman–Crippen MR) is 78.1 cm³/mol. The highest BCUT2D eigenvalue weighted by Crippen LogP contribution is 2.37. The summed E-state index contributed by atoms with van der Waals surface area (Å²) in [5.74, 6) is 2.19. The van der Waals surface area contributed by atoms with Gasteiger partial charge in [-0.3, -0.25) is 4.40 Å². The van der Waals surface area contributed by atoms with Gasteiger partial charge in [-0.05, 0) is 24.3 Å². The number of pyridine rings is 1. The largest absolute Gasteiger partial charge is 0.496 e. The van der Waals surface area contributed by atoms with Crippen LogP contribution in [0.2, 0.25) is 0 Å². The van der Waals surface area contributed by atoms with Crippen molar-refractivity contribution in [1.82, 2.24) is 9.38 Å². The van der Waals surface area contributed by atoms with Crippen LogP contribution in [-0.4, -0.2) is 23.6 Å². The minimum Gasteiger partial charge on any atom is -0.496 e. The molecular weight excluding hydrogens is 254 g/mol. The van der Waals surface area contributed by atoms with Crippen LogP contribution in [0.5, 0.6) is 11.5 Å². The third-order valence-corrected chi connectivity index (χ3v) is 3.21. The van der Waals surface area contributed by atoms with Gasteiger partial charge in [0.05, 0.1) is 25.9 Å². The first kappa shape index (κ1) is 12.3. The average Bonchev–Trinajstić information content (AvgIpc) is 2.88. The van der Waals surface area contributed by atoms with E-state index in [0.717, 1.165) is 16.9 Å². The van der Waals surface area contributed by atoms with E-state index in [1.165, 1.54) is 0 Å². The molecule has 5 nitrogen and oxygen atoms in total. The van der Waals surface area contributed by atoms with Crippen molar-refractivity contribution in [3.63, 3.8) is 0 Å². The van der Waals surface area contributed by atoms with E-state index in [2.05, 4.69) is 4.98 Å². The van der Waals surface area contributed by atoms with Crippen LogP contribution in [0.3, 0.4) is 0 Å². The standard InChI is InChI=1S/C15H15N3O2/c1-19-12-4-3-5-13(20-2)14(12)15-17-9-11-8-10(16)6-7-18(11)15/h3-9H,16H2,1-2H3. The van der Waals surface area contributed by atoms with Crippen molar-refractivity contribution < 1.29 is 9.47 Å². The first-order chi connectivity index (χ1) is 9.74. The number of aromatic nitrogens is 2. The number of rotatable bonds is 3. The number of nitrogens with two attached hydrogens (primary N) is 1. The highest BCUT2D eigenvalue weighted by molar-refractivity contribution is 5.75. The van der Waals surface area contributed by atoms with E-state index in [1.807, 2.05) is 40.9 Å². The van der Waals surface area contributed by atoms with Gasteiger partial charge < -0.3 is 15.2 Å². The zero-order valence-corrected chi connectivity index (χ0v) is 11.3. The minimum absolute atomic E-state index is 0.705. The van der Waals surface area contributed by atoms with Gasteiger partial charge >= 0.3 is 0 Å². The molecule has 1 aromatic carbocycles. The zero-order valence-electron chi connectivity index (χ0n) is 11.3. The maximum absolute atomic E-state index is 5.79. The lowest BCUT2D eigenvalue weighted by molar-refractivity contribution is 0.397. The fourth-order valence-electron chi connectivity index (χ4n) is 2.27. The van der Waals surface area contributed by atoms with Crippen molar-refractivity contribution in [1.29, 1.82) is 0 Å². The molecule has 20 heavy (non-hydrogen) atoms. The number of anilines is 1. The molecule has 5 heteroatoms. The lowest BCUT2D eigenvalue weighted by Gasteiger charge is -2.12. The Morgan fingerprint density at radius 1 is 1.10 bits per heavy atom. The first-order valence-corrected chi connectivity index (χ1v) is 6.18. The van der Waals surface area contributed by atoms with E-state index in [4.69, 9.17) is 15.2 Å². The van der Waals surface area contributed by atoms with E-state index >= 15 is 0 Å². The highest BCUT2D eigenvalue weighted by atomic mass is 16.5. The smallest absolute Gasteiger partial charge is 0.152 e. The van der Waals surface area contributed by atoms with Crippen molar-refractivity contribution in [2.75, 3.05) is 20.0 Å². The molecule has 0 bridgehead atoms. The summed E-state index contributed by atoms with van der Waals surface area (Å²) in [6.07, 6.45) is 3.66. The van der Waals surface area contributed by atoms with Crippen molar-refractivity contribution in [3.05, 3.63) is 42.7 Å². The Morgan fingerprint density at radius 3 is 2.45 bits per heavy atom. The second-order valence-electron chi connectivity index (χ2n) is 4.37. The first-order valence-electron chi connectivity index (χ1n) is 6.18. The third kappa shape index (κ3) is 1.84. The summed E-state index contributed by atoms with van der Waals surface area (Å²) >= 11 is 0. The Hall–Kier alpha value is -2.69. The van der Waals surface area contributed by atoms with E-state index in [1.54, 1.807) is 20.4 Å². The number of nitrogen functional groups attached to an aromatic ring is 1. The Balaban J connectivity index is 2.30. The molecule has 0 aliphatic carbocycles. The van der Waals surface area contributed by atoms with Gasteiger partial charge in [-0.15, -0.1) is 0 Å². The summed E-state index contributed by atoms with van der Waals surface area (Å²) in [5, 5.41) is 0. The van der Waals surface area contributed by atoms with Gasteiger partial charge in [0.2, 0.25) is 0 Å². The summed E-state index contributed by atoms with van der Waals surface area (Å²) in [6, 6.07) is 9.36. The van der Waals surface area contributed by atoms with Crippen molar-refractivity contribution in [2.45, 2.75) is 0 Å². The molecule has 0 unspecified atom stereocenters. The SMILES string of the molecule is COc1cccc(OC)c1-c1ncc2cc(N)ccn12. The Kier molecular flexibility index (Phi) is 2.95. The Labute approximate surface area is 116 Å². The third-order valence-electron chi connectivity index (χ3n) is 3.21. The van der Waals surface area contributed by atoms with Gasteiger partial charge in [0, 0.05) is 11.9 Å². The monoisotopic (exact) mass is 269 g/mol. The zero-order chi connectivity index (χ0) is 14.1. The second-order valence-corrected chi connectivity index (χ2v) is 4.37. The quantitative estimate of drug-likeness (QED) is 0.794. The Bertz CT molecular complexity index is 743. The van der Waals surface area contributed by atoms with E-state index in [9.17, 15) is 0 Å². The van der Waals surface area contributed by atoms with Crippen LogP contribution in [0.1, 0.15) is 0 Å². The molecule has 0 atom stereocenters.